The highest BCUT2D eigenvalue weighted by Gasteiger charge is 2.22. The highest BCUT2D eigenvalue weighted by atomic mass is 16.6. The van der Waals surface area contributed by atoms with Gasteiger partial charge in [0.05, 0.1) is 7.39 Å². The third kappa shape index (κ3) is 3.19. The molecule has 2 aromatic rings. The zero-order chi connectivity index (χ0) is 20.0. The number of aromatic nitrogens is 1. The fourth-order valence-corrected chi connectivity index (χ4v) is 2.43. The normalized spacial score (nSPS) is 27.0. The topological polar surface area (TPSA) is 57.4 Å². The van der Waals surface area contributed by atoms with Crippen molar-refractivity contribution in [2.24, 2.45) is 0 Å². The number of rotatable bonds is 5. The number of cyclic esters (lactones) is 1. The van der Waals surface area contributed by atoms with Crippen LogP contribution >= 0.6 is 0 Å². The van der Waals surface area contributed by atoms with Crippen LogP contribution in [0.3, 0.4) is 0 Å². The lowest BCUT2D eigenvalue weighted by atomic mass is 10.0. The summed E-state index contributed by atoms with van der Waals surface area (Å²) in [5.74, 6) is 0. The summed E-state index contributed by atoms with van der Waals surface area (Å²) in [6.45, 7) is -2.04. The summed E-state index contributed by atoms with van der Waals surface area (Å²) in [4.78, 5) is 13.9. The first-order valence-corrected chi connectivity index (χ1v) is 6.80. The fourth-order valence-electron chi connectivity index (χ4n) is 2.43. The second kappa shape index (κ2) is 5.77. The number of nitrogens with zero attached hydrogens (tertiary/aromatic N) is 1. The van der Waals surface area contributed by atoms with Crippen molar-refractivity contribution in [3.63, 3.8) is 0 Å². The van der Waals surface area contributed by atoms with E-state index in [1.807, 2.05) is 6.07 Å². The summed E-state index contributed by atoms with van der Waals surface area (Å²) in [7, 11) is 1.53. The molecular weight excluding hydrogens is 266 g/mol. The van der Waals surface area contributed by atoms with Crippen molar-refractivity contribution in [2.45, 2.75) is 18.9 Å². The molecule has 3 rings (SSSR count). The minimum atomic E-state index is -2.17. The highest BCUT2D eigenvalue weighted by molar-refractivity contribution is 5.84. The molecule has 2 N–H and O–H groups in total. The predicted octanol–water partition coefficient (Wildman–Crippen LogP) is 1.92. The second-order valence-electron chi connectivity index (χ2n) is 5.22. The van der Waals surface area contributed by atoms with E-state index in [2.05, 4.69) is 0 Å². The molecule has 0 radical (unpaired) electrons. The molecule has 0 aliphatic carbocycles. The molecule has 5 heteroatoms. The molecule has 0 bridgehead atoms. The highest BCUT2D eigenvalue weighted by Crippen LogP contribution is 2.21. The number of aromatic amines is 1. The van der Waals surface area contributed by atoms with Crippen molar-refractivity contribution >= 4 is 17.0 Å². The lowest BCUT2D eigenvalue weighted by molar-refractivity contribution is 0.177. The molecule has 1 atom stereocenters. The minimum Gasteiger partial charge on any atom is -0.447 e. The first-order chi connectivity index (χ1) is 12.5. The van der Waals surface area contributed by atoms with Gasteiger partial charge in [-0.1, -0.05) is 6.07 Å². The average molecular weight is 293 g/mol. The summed E-state index contributed by atoms with van der Waals surface area (Å²) in [5, 5.41) is 1.34. The minimum absolute atomic E-state index is 0.121. The molecule has 1 amide bonds. The van der Waals surface area contributed by atoms with Crippen molar-refractivity contribution in [2.75, 3.05) is 27.2 Å². The third-order valence-corrected chi connectivity index (χ3v) is 3.50. The van der Waals surface area contributed by atoms with E-state index >= 15 is 0 Å². The van der Waals surface area contributed by atoms with E-state index in [0.29, 0.717) is 23.8 Å². The molecule has 0 saturated carbocycles. The number of hydrogen-bond acceptors (Lipinski definition) is 3. The van der Waals surface area contributed by atoms with Gasteiger partial charge in [-0.05, 0) is 50.1 Å². The molecule has 1 aliphatic rings. The molecule has 0 spiro atoms. The first kappa shape index (κ1) is 8.44. The number of nitrogens with one attached hydrogen (secondary N) is 2. The van der Waals surface area contributed by atoms with E-state index in [1.165, 1.54) is 16.9 Å². The Balaban J connectivity index is 1.85. The maximum atomic E-state index is 11.4. The van der Waals surface area contributed by atoms with Crippen molar-refractivity contribution in [3.8, 4) is 0 Å². The SMILES string of the molecule is [2H]N1C(=O)OC[C@]1([2H])Cc1ccc2c(c1)c(CCN(C)C([2H])([2H])[2H])cn2[2H]. The first-order valence-electron chi connectivity index (χ1n) is 9.70. The van der Waals surface area contributed by atoms with Crippen LogP contribution in [0.4, 0.5) is 4.79 Å². The molecule has 1 aromatic carbocycles. The van der Waals surface area contributed by atoms with Gasteiger partial charge in [0.1, 0.15) is 6.61 Å². The lowest BCUT2D eigenvalue weighted by Gasteiger charge is -2.09. The Morgan fingerprint density at radius 1 is 1.62 bits per heavy atom. The smallest absolute Gasteiger partial charge is 0.407 e. The van der Waals surface area contributed by atoms with Gasteiger partial charge in [0.25, 0.3) is 0 Å². The third-order valence-electron chi connectivity index (χ3n) is 3.50. The fraction of sp³-hybridized carbons (Fsp3) is 0.438. The van der Waals surface area contributed by atoms with E-state index in [0.717, 1.165) is 16.5 Å². The Kier molecular flexibility index (Phi) is 2.32. The van der Waals surface area contributed by atoms with Gasteiger partial charge in [-0.25, -0.2) is 4.79 Å². The number of hydrogen-bond donors (Lipinski definition) is 2. The van der Waals surface area contributed by atoms with Crippen LogP contribution in [0.1, 0.15) is 16.6 Å². The number of ether oxygens (including phenoxy) is 1. The summed E-state index contributed by atoms with van der Waals surface area (Å²) < 4.78 is 51.1. The molecule has 1 aromatic heterocycles. The van der Waals surface area contributed by atoms with E-state index < -0.39 is 19.1 Å². The predicted molar refractivity (Wildman–Crippen MR) is 82.5 cm³/mol. The van der Waals surface area contributed by atoms with Crippen molar-refractivity contribution < 1.29 is 17.8 Å². The van der Waals surface area contributed by atoms with Crippen LogP contribution in [0.2, 0.25) is 2.82 Å². The van der Waals surface area contributed by atoms with Crippen LogP contribution in [0, 0.1) is 0 Å². The number of fused-ring (bicyclic) bond motifs is 1. The van der Waals surface area contributed by atoms with Crippen LogP contribution in [0.5, 0.6) is 0 Å². The summed E-state index contributed by atoms with van der Waals surface area (Å²) in [6.07, 6.45) is 1.39. The largest absolute Gasteiger partial charge is 0.447 e. The van der Waals surface area contributed by atoms with Gasteiger partial charge in [-0.15, -0.1) is 0 Å². The Morgan fingerprint density at radius 2 is 2.52 bits per heavy atom. The zero-order valence-corrected chi connectivity index (χ0v) is 11.8. The van der Waals surface area contributed by atoms with Gasteiger partial charge in [0, 0.05) is 27.8 Å². The molecule has 2 heterocycles. The standard InChI is InChI=1S/C16H21N3O2/c1-19(2)6-5-12-9-17-15-4-3-11(8-14(12)15)7-13-10-21-16(20)18-13/h3-4,8-9,13,17H,5-7,10H2,1-2H3,(H,18,20)/t13-/m0/s1/i1D3,13D/hD2. The van der Waals surface area contributed by atoms with Gasteiger partial charge in [-0.2, -0.15) is 0 Å². The van der Waals surface area contributed by atoms with E-state index in [4.69, 9.17) is 13.0 Å². The Hall–Kier alpha value is -2.01. The number of likely N-dealkylation sites (N-methyl/N-ethyl adjacent to an activating group) is 1. The number of benzene rings is 1. The van der Waals surface area contributed by atoms with Crippen LogP contribution < -0.4 is 5.31 Å². The van der Waals surface area contributed by atoms with E-state index in [1.54, 1.807) is 18.3 Å². The Labute approximate surface area is 132 Å². The summed E-state index contributed by atoms with van der Waals surface area (Å²) in [6, 6.07) is 3.86. The van der Waals surface area contributed by atoms with E-state index in [9.17, 15) is 4.79 Å². The molecule has 21 heavy (non-hydrogen) atoms. The van der Waals surface area contributed by atoms with Crippen molar-refractivity contribution in [1.29, 1.82) is 0 Å². The molecule has 0 unspecified atom stereocenters. The van der Waals surface area contributed by atoms with Gasteiger partial charge in [0.2, 0.25) is 0 Å². The average Bonchev–Trinajstić information content (AvgIpc) is 3.03. The maximum Gasteiger partial charge on any atom is 0.407 e. The number of H-pyrrole nitrogens is 1. The molecule has 1 saturated heterocycles. The van der Waals surface area contributed by atoms with Gasteiger partial charge in [0.15, 0.2) is 2.82 Å². The van der Waals surface area contributed by atoms with Gasteiger partial charge >= 0.3 is 6.09 Å². The molecular formula is C16H21N3O2. The Bertz CT molecular complexity index is 868. The van der Waals surface area contributed by atoms with Gasteiger partial charge < -0.3 is 19.9 Å². The molecule has 112 valence electrons. The second-order valence-corrected chi connectivity index (χ2v) is 5.22. The number of carbonyl (C=O) groups is 1. The monoisotopic (exact) mass is 293 g/mol. The summed E-state index contributed by atoms with van der Waals surface area (Å²) >= 11 is 0. The van der Waals surface area contributed by atoms with Crippen LogP contribution in [0.25, 0.3) is 10.9 Å². The molecule has 5 nitrogen and oxygen atoms in total. The van der Waals surface area contributed by atoms with E-state index in [-0.39, 0.29) is 13.0 Å². The zero-order valence-electron chi connectivity index (χ0n) is 17.8. The van der Waals surface area contributed by atoms with Crippen LogP contribution in [-0.4, -0.2) is 49.2 Å². The Morgan fingerprint density at radius 3 is 3.29 bits per heavy atom. The number of carbonyl (C=O) groups excluding carboxylic acids is 1. The maximum absolute atomic E-state index is 11.4. The number of alkyl carbamates (subject to hydrolysis) is 1. The van der Waals surface area contributed by atoms with Crippen molar-refractivity contribution in [1.82, 2.24) is 15.2 Å². The molecule has 1 fully saturated rings. The quantitative estimate of drug-likeness (QED) is 0.885. The van der Waals surface area contributed by atoms with Crippen molar-refractivity contribution in [3.05, 3.63) is 35.5 Å². The van der Waals surface area contributed by atoms with Crippen LogP contribution in [-0.2, 0) is 17.6 Å². The lowest BCUT2D eigenvalue weighted by Crippen LogP contribution is -2.28. The number of amides is 1. The molecule has 1 aliphatic heterocycles. The summed E-state index contributed by atoms with van der Waals surface area (Å²) in [5.41, 5.74) is 2.24. The van der Waals surface area contributed by atoms with Gasteiger partial charge in [-0.3, -0.25) is 0 Å². The van der Waals surface area contributed by atoms with Crippen LogP contribution in [0.15, 0.2) is 24.4 Å².